The van der Waals surface area contributed by atoms with Gasteiger partial charge in [0.05, 0.1) is 6.07 Å². The number of anilines is 1. The molecule has 17 heavy (non-hydrogen) atoms. The Morgan fingerprint density at radius 2 is 2.35 bits per heavy atom. The molecule has 1 aliphatic rings. The first kappa shape index (κ1) is 12.3. The van der Waals surface area contributed by atoms with Gasteiger partial charge in [-0.2, -0.15) is 17.0 Å². The van der Waals surface area contributed by atoms with Crippen LogP contribution in [0.25, 0.3) is 0 Å². The van der Waals surface area contributed by atoms with E-state index < -0.39 is 5.54 Å². The molecule has 2 nitrogen and oxygen atoms in total. The molecule has 2 atom stereocenters. The van der Waals surface area contributed by atoms with Gasteiger partial charge in [-0.25, -0.2) is 0 Å². The van der Waals surface area contributed by atoms with Crippen LogP contribution in [-0.2, 0) is 0 Å². The van der Waals surface area contributed by atoms with Crippen molar-refractivity contribution in [3.05, 3.63) is 29.8 Å². The van der Waals surface area contributed by atoms with Crippen molar-refractivity contribution in [2.75, 3.05) is 11.1 Å². The average Bonchev–Trinajstić information content (AvgIpc) is 2.32. The SMILES string of the molecule is Cc1cccc(NC2(C#N)CCCSC2C)c1. The van der Waals surface area contributed by atoms with Crippen molar-refractivity contribution in [1.29, 1.82) is 5.26 Å². The highest BCUT2D eigenvalue weighted by atomic mass is 32.2. The summed E-state index contributed by atoms with van der Waals surface area (Å²) in [5.41, 5.74) is 1.87. The molecule has 2 rings (SSSR count). The van der Waals surface area contributed by atoms with E-state index in [0.717, 1.165) is 18.5 Å². The second-order valence-corrected chi connectivity index (χ2v) is 6.14. The monoisotopic (exact) mass is 246 g/mol. The van der Waals surface area contributed by atoms with Crippen LogP contribution in [0.5, 0.6) is 0 Å². The predicted octanol–water partition coefficient (Wildman–Crippen LogP) is 3.58. The van der Waals surface area contributed by atoms with Crippen molar-refractivity contribution in [2.45, 2.75) is 37.5 Å². The highest BCUT2D eigenvalue weighted by molar-refractivity contribution is 8.00. The molecule has 1 aromatic carbocycles. The number of hydrogen-bond acceptors (Lipinski definition) is 3. The summed E-state index contributed by atoms with van der Waals surface area (Å²) in [5.74, 6) is 1.17. The minimum Gasteiger partial charge on any atom is -0.366 e. The summed E-state index contributed by atoms with van der Waals surface area (Å²) in [5, 5.41) is 13.3. The van der Waals surface area contributed by atoms with Gasteiger partial charge in [0.2, 0.25) is 0 Å². The molecule has 2 unspecified atom stereocenters. The molecule has 1 aromatic rings. The van der Waals surface area contributed by atoms with E-state index in [-0.39, 0.29) is 0 Å². The van der Waals surface area contributed by atoms with E-state index in [9.17, 15) is 5.26 Å². The van der Waals surface area contributed by atoms with Crippen LogP contribution in [-0.4, -0.2) is 16.5 Å². The van der Waals surface area contributed by atoms with E-state index in [0.29, 0.717) is 5.25 Å². The van der Waals surface area contributed by atoms with Gasteiger partial charge < -0.3 is 5.32 Å². The van der Waals surface area contributed by atoms with Crippen LogP contribution in [0.3, 0.4) is 0 Å². The van der Waals surface area contributed by atoms with Gasteiger partial charge >= 0.3 is 0 Å². The molecule has 1 N–H and O–H groups in total. The van der Waals surface area contributed by atoms with Crippen LogP contribution < -0.4 is 5.32 Å². The Bertz CT molecular complexity index is 438. The van der Waals surface area contributed by atoms with Gasteiger partial charge in [0.1, 0.15) is 5.54 Å². The molecule has 0 aromatic heterocycles. The Hall–Kier alpha value is -1.14. The van der Waals surface area contributed by atoms with Crippen LogP contribution >= 0.6 is 11.8 Å². The van der Waals surface area contributed by atoms with Crippen LogP contribution in [0.4, 0.5) is 5.69 Å². The molecular formula is C14H18N2S. The Morgan fingerprint density at radius 3 is 3.00 bits per heavy atom. The first-order valence-corrected chi connectivity index (χ1v) is 7.09. The third-order valence-electron chi connectivity index (χ3n) is 3.36. The van der Waals surface area contributed by atoms with E-state index >= 15 is 0 Å². The second kappa shape index (κ2) is 5.01. The number of nitrogens with zero attached hydrogens (tertiary/aromatic N) is 1. The van der Waals surface area contributed by atoms with Crippen molar-refractivity contribution in [3.63, 3.8) is 0 Å². The molecule has 1 fully saturated rings. The Balaban J connectivity index is 2.22. The number of hydrogen-bond donors (Lipinski definition) is 1. The minimum atomic E-state index is -0.406. The van der Waals surface area contributed by atoms with Crippen molar-refractivity contribution in [1.82, 2.24) is 0 Å². The highest BCUT2D eigenvalue weighted by Crippen LogP contribution is 2.36. The summed E-state index contributed by atoms with van der Waals surface area (Å²) in [7, 11) is 0. The third-order valence-corrected chi connectivity index (χ3v) is 4.79. The molecule has 0 aliphatic carbocycles. The minimum absolute atomic E-state index is 0.335. The van der Waals surface area contributed by atoms with E-state index in [1.165, 1.54) is 11.3 Å². The summed E-state index contributed by atoms with van der Waals surface area (Å²) >= 11 is 1.89. The number of aryl methyl sites for hydroxylation is 1. The Labute approximate surface area is 107 Å². The van der Waals surface area contributed by atoms with Crippen molar-refractivity contribution in [2.24, 2.45) is 0 Å². The van der Waals surface area contributed by atoms with Crippen LogP contribution in [0.15, 0.2) is 24.3 Å². The van der Waals surface area contributed by atoms with Gasteiger partial charge in [0, 0.05) is 10.9 Å². The van der Waals surface area contributed by atoms with Gasteiger partial charge in [-0.15, -0.1) is 0 Å². The fourth-order valence-corrected chi connectivity index (χ4v) is 3.45. The molecule has 0 bridgehead atoms. The fourth-order valence-electron chi connectivity index (χ4n) is 2.28. The van der Waals surface area contributed by atoms with Crippen LogP contribution in [0, 0.1) is 18.3 Å². The van der Waals surface area contributed by atoms with Gasteiger partial charge in [0.25, 0.3) is 0 Å². The zero-order valence-electron chi connectivity index (χ0n) is 10.4. The molecule has 1 saturated heterocycles. The van der Waals surface area contributed by atoms with Crippen molar-refractivity contribution >= 4 is 17.4 Å². The molecule has 0 radical (unpaired) electrons. The lowest BCUT2D eigenvalue weighted by Crippen LogP contribution is -2.47. The number of rotatable bonds is 2. The molecule has 0 amide bonds. The zero-order valence-corrected chi connectivity index (χ0v) is 11.2. The smallest absolute Gasteiger partial charge is 0.137 e. The van der Waals surface area contributed by atoms with Crippen molar-refractivity contribution in [3.8, 4) is 6.07 Å². The maximum absolute atomic E-state index is 9.52. The van der Waals surface area contributed by atoms with E-state index in [4.69, 9.17) is 0 Å². The molecule has 0 spiro atoms. The molecule has 0 saturated carbocycles. The lowest BCUT2D eigenvalue weighted by atomic mass is 9.90. The molecule has 3 heteroatoms. The van der Waals surface area contributed by atoms with Gasteiger partial charge in [-0.1, -0.05) is 12.1 Å². The van der Waals surface area contributed by atoms with E-state index in [1.807, 2.05) is 23.9 Å². The summed E-state index contributed by atoms with van der Waals surface area (Å²) in [6.07, 6.45) is 2.05. The normalized spacial score (nSPS) is 28.4. The highest BCUT2D eigenvalue weighted by Gasteiger charge is 2.39. The largest absolute Gasteiger partial charge is 0.366 e. The summed E-state index contributed by atoms with van der Waals surface area (Å²) in [6, 6.07) is 10.7. The molecule has 1 heterocycles. The predicted molar refractivity (Wildman–Crippen MR) is 74.3 cm³/mol. The van der Waals surface area contributed by atoms with E-state index in [1.54, 1.807) is 0 Å². The van der Waals surface area contributed by atoms with Gasteiger partial charge in [-0.05, 0) is 50.1 Å². The summed E-state index contributed by atoms with van der Waals surface area (Å²) < 4.78 is 0. The maximum atomic E-state index is 9.52. The standard InChI is InChI=1S/C14H18N2S/c1-11-5-3-6-13(9-11)16-14(10-15)7-4-8-17-12(14)2/h3,5-6,9,12,16H,4,7-8H2,1-2H3. The first-order valence-electron chi connectivity index (χ1n) is 6.04. The molecule has 1 aliphatic heterocycles. The lowest BCUT2D eigenvalue weighted by molar-refractivity contribution is 0.513. The number of benzene rings is 1. The lowest BCUT2D eigenvalue weighted by Gasteiger charge is -2.37. The van der Waals surface area contributed by atoms with Gasteiger partial charge in [-0.3, -0.25) is 0 Å². The third kappa shape index (κ3) is 2.58. The summed E-state index contributed by atoms with van der Waals surface area (Å²) in [4.78, 5) is 0. The Kier molecular flexibility index (Phi) is 3.63. The Morgan fingerprint density at radius 1 is 1.53 bits per heavy atom. The quantitative estimate of drug-likeness (QED) is 0.866. The first-order chi connectivity index (χ1) is 8.16. The maximum Gasteiger partial charge on any atom is 0.137 e. The fraction of sp³-hybridized carbons (Fsp3) is 0.500. The number of nitriles is 1. The summed E-state index contributed by atoms with van der Waals surface area (Å²) in [6.45, 7) is 4.22. The second-order valence-electron chi connectivity index (χ2n) is 4.69. The zero-order chi connectivity index (χ0) is 12.3. The van der Waals surface area contributed by atoms with E-state index in [2.05, 4.69) is 37.4 Å². The van der Waals surface area contributed by atoms with Crippen LogP contribution in [0.2, 0.25) is 0 Å². The topological polar surface area (TPSA) is 35.8 Å². The van der Waals surface area contributed by atoms with Gasteiger partial charge in [0.15, 0.2) is 0 Å². The molecular weight excluding hydrogens is 228 g/mol. The average molecular weight is 246 g/mol. The van der Waals surface area contributed by atoms with Crippen LogP contribution in [0.1, 0.15) is 25.3 Å². The number of thioether (sulfide) groups is 1. The van der Waals surface area contributed by atoms with Crippen molar-refractivity contribution < 1.29 is 0 Å². The molecule has 90 valence electrons. The number of nitrogens with one attached hydrogen (secondary N) is 1.